The molecule has 2 aromatic rings. The maximum atomic E-state index is 12.0. The summed E-state index contributed by atoms with van der Waals surface area (Å²) in [6, 6.07) is 8.88. The summed E-state index contributed by atoms with van der Waals surface area (Å²) in [7, 11) is 0. The smallest absolute Gasteiger partial charge is 0.397 e. The molecule has 0 bridgehead atoms. The van der Waals surface area contributed by atoms with Gasteiger partial charge in [-0.2, -0.15) is 5.26 Å². The van der Waals surface area contributed by atoms with E-state index in [2.05, 4.69) is 4.98 Å². The topological polar surface area (TPSA) is 110 Å². The van der Waals surface area contributed by atoms with Crippen molar-refractivity contribution in [2.45, 2.75) is 5.92 Å². The van der Waals surface area contributed by atoms with Crippen molar-refractivity contribution in [1.82, 2.24) is 4.98 Å². The van der Waals surface area contributed by atoms with Crippen molar-refractivity contribution in [3.05, 3.63) is 58.1 Å². The Labute approximate surface area is 107 Å². The molecule has 0 aliphatic heterocycles. The quantitative estimate of drug-likeness (QED) is 0.471. The number of Topliss-reactive ketones (excluding diaryl/α,β-unsaturated/α-hetero) is 1. The van der Waals surface area contributed by atoms with E-state index in [-0.39, 0.29) is 11.5 Å². The lowest BCUT2D eigenvalue weighted by atomic mass is 9.99. The van der Waals surface area contributed by atoms with Crippen LogP contribution in [0.25, 0.3) is 0 Å². The molecular weight excluding hydrogens is 250 g/mol. The first-order valence-corrected chi connectivity index (χ1v) is 5.22. The number of nitro groups is 1. The Morgan fingerprint density at radius 2 is 2.21 bits per heavy atom. The molecule has 1 atom stereocenters. The number of hydrogen-bond acceptors (Lipinski definition) is 6. The number of pyridine rings is 1. The summed E-state index contributed by atoms with van der Waals surface area (Å²) in [5.74, 6) is -2.58. The van der Waals surface area contributed by atoms with Crippen LogP contribution in [0.2, 0.25) is 0 Å². The summed E-state index contributed by atoms with van der Waals surface area (Å²) < 4.78 is 4.78. The Morgan fingerprint density at radius 1 is 1.42 bits per heavy atom. The van der Waals surface area contributed by atoms with E-state index in [9.17, 15) is 14.9 Å². The second-order valence-electron chi connectivity index (χ2n) is 3.58. The zero-order valence-corrected chi connectivity index (χ0v) is 9.52. The van der Waals surface area contributed by atoms with E-state index in [0.29, 0.717) is 0 Å². The van der Waals surface area contributed by atoms with Crippen LogP contribution < -0.4 is 0 Å². The van der Waals surface area contributed by atoms with Gasteiger partial charge in [-0.1, -0.05) is 6.07 Å². The number of carbonyl (C=O) groups excluding carboxylic acids is 1. The van der Waals surface area contributed by atoms with Crippen LogP contribution in [0.15, 0.2) is 40.9 Å². The lowest BCUT2D eigenvalue weighted by Crippen LogP contribution is -2.11. The largest absolute Gasteiger partial charge is 0.433 e. The predicted molar refractivity (Wildman–Crippen MR) is 62.3 cm³/mol. The van der Waals surface area contributed by atoms with Gasteiger partial charge in [0.15, 0.2) is 11.7 Å². The van der Waals surface area contributed by atoms with Gasteiger partial charge in [0.25, 0.3) is 0 Å². The molecule has 2 aromatic heterocycles. The van der Waals surface area contributed by atoms with E-state index in [1.807, 2.05) is 6.07 Å². The molecular formula is C12H7N3O4. The number of rotatable bonds is 4. The first-order chi connectivity index (χ1) is 9.13. The van der Waals surface area contributed by atoms with Crippen molar-refractivity contribution in [2.75, 3.05) is 0 Å². The minimum Gasteiger partial charge on any atom is -0.397 e. The third-order valence-corrected chi connectivity index (χ3v) is 2.39. The number of nitrogens with zero attached hydrogens (tertiary/aromatic N) is 3. The van der Waals surface area contributed by atoms with Gasteiger partial charge in [-0.05, 0) is 18.2 Å². The number of carbonyl (C=O) groups is 1. The lowest BCUT2D eigenvalue weighted by molar-refractivity contribution is -0.402. The second kappa shape index (κ2) is 5.10. The van der Waals surface area contributed by atoms with Crippen LogP contribution in [0.1, 0.15) is 22.2 Å². The maximum absolute atomic E-state index is 12.0. The van der Waals surface area contributed by atoms with Gasteiger partial charge in [0.1, 0.15) is 4.92 Å². The van der Waals surface area contributed by atoms with Crippen LogP contribution in [0.5, 0.6) is 0 Å². The van der Waals surface area contributed by atoms with Gasteiger partial charge in [0.2, 0.25) is 5.78 Å². The van der Waals surface area contributed by atoms with E-state index in [0.717, 1.165) is 6.07 Å². The van der Waals surface area contributed by atoms with Crippen molar-refractivity contribution in [2.24, 2.45) is 0 Å². The minimum absolute atomic E-state index is 0.232. The van der Waals surface area contributed by atoms with Gasteiger partial charge < -0.3 is 4.42 Å². The van der Waals surface area contributed by atoms with Gasteiger partial charge >= 0.3 is 5.88 Å². The summed E-state index contributed by atoms with van der Waals surface area (Å²) in [6.45, 7) is 0. The Hall–Kier alpha value is -3.01. The molecule has 2 heterocycles. The average Bonchev–Trinajstić information content (AvgIpc) is 2.90. The molecule has 19 heavy (non-hydrogen) atoms. The van der Waals surface area contributed by atoms with Crippen LogP contribution in [0.3, 0.4) is 0 Å². The second-order valence-corrected chi connectivity index (χ2v) is 3.58. The van der Waals surface area contributed by atoms with Crippen LogP contribution in [0.4, 0.5) is 5.88 Å². The van der Waals surface area contributed by atoms with Gasteiger partial charge in [-0.3, -0.25) is 19.9 Å². The van der Waals surface area contributed by atoms with E-state index in [1.54, 1.807) is 12.1 Å². The fourth-order valence-corrected chi connectivity index (χ4v) is 1.51. The summed E-state index contributed by atoms with van der Waals surface area (Å²) >= 11 is 0. The predicted octanol–water partition coefficient (Wildman–Crippen LogP) is 2.07. The van der Waals surface area contributed by atoms with Crippen molar-refractivity contribution in [3.8, 4) is 6.07 Å². The first-order valence-electron chi connectivity index (χ1n) is 5.22. The Morgan fingerprint density at radius 3 is 2.74 bits per heavy atom. The summed E-state index contributed by atoms with van der Waals surface area (Å²) in [5, 5.41) is 19.5. The molecule has 94 valence electrons. The summed E-state index contributed by atoms with van der Waals surface area (Å²) in [4.78, 5) is 25.7. The number of aromatic nitrogens is 1. The average molecular weight is 257 g/mol. The van der Waals surface area contributed by atoms with Crippen molar-refractivity contribution >= 4 is 11.7 Å². The zero-order valence-electron chi connectivity index (χ0n) is 9.52. The molecule has 0 saturated carbocycles. The molecule has 0 spiro atoms. The fraction of sp³-hybridized carbons (Fsp3) is 0.0833. The number of hydrogen-bond donors (Lipinski definition) is 0. The highest BCUT2D eigenvalue weighted by molar-refractivity contribution is 6.00. The number of nitriles is 1. The molecule has 0 saturated heterocycles. The monoisotopic (exact) mass is 257 g/mol. The molecule has 2 rings (SSSR count). The third kappa shape index (κ3) is 2.47. The van der Waals surface area contributed by atoms with E-state index in [4.69, 9.17) is 9.68 Å². The van der Waals surface area contributed by atoms with Crippen LogP contribution in [-0.4, -0.2) is 15.7 Å². The molecule has 1 unspecified atom stereocenters. The normalized spacial score (nSPS) is 11.5. The SMILES string of the molecule is N#CC(C(=O)c1ccc([N+](=O)[O-])o1)c1ccccn1. The molecule has 7 nitrogen and oxygen atoms in total. The summed E-state index contributed by atoms with van der Waals surface area (Å²) in [6.07, 6.45) is 1.46. The molecule has 0 aliphatic rings. The first kappa shape index (κ1) is 12.4. The maximum Gasteiger partial charge on any atom is 0.433 e. The lowest BCUT2D eigenvalue weighted by Gasteiger charge is -2.04. The molecule has 0 fully saturated rings. The van der Waals surface area contributed by atoms with E-state index >= 15 is 0 Å². The van der Waals surface area contributed by atoms with Crippen LogP contribution in [0, 0.1) is 21.4 Å². The summed E-state index contributed by atoms with van der Waals surface area (Å²) in [5.41, 5.74) is 0.272. The van der Waals surface area contributed by atoms with E-state index < -0.39 is 22.5 Å². The number of furan rings is 1. The van der Waals surface area contributed by atoms with Gasteiger partial charge in [-0.15, -0.1) is 0 Å². The highest BCUT2D eigenvalue weighted by Crippen LogP contribution is 2.22. The van der Waals surface area contributed by atoms with Gasteiger partial charge in [0.05, 0.1) is 17.8 Å². The highest BCUT2D eigenvalue weighted by atomic mass is 16.6. The molecule has 0 aliphatic carbocycles. The molecule has 0 aromatic carbocycles. The molecule has 7 heteroatoms. The van der Waals surface area contributed by atoms with Crippen molar-refractivity contribution < 1.29 is 14.1 Å². The fourth-order valence-electron chi connectivity index (χ4n) is 1.51. The van der Waals surface area contributed by atoms with Crippen molar-refractivity contribution in [3.63, 3.8) is 0 Å². The molecule has 0 amide bonds. The Kier molecular flexibility index (Phi) is 3.34. The number of ketones is 1. The van der Waals surface area contributed by atoms with Crippen LogP contribution >= 0.6 is 0 Å². The molecule has 0 radical (unpaired) electrons. The van der Waals surface area contributed by atoms with Crippen molar-refractivity contribution in [1.29, 1.82) is 5.26 Å². The minimum atomic E-state index is -1.15. The van der Waals surface area contributed by atoms with E-state index in [1.165, 1.54) is 18.3 Å². The van der Waals surface area contributed by atoms with Gasteiger partial charge in [0, 0.05) is 6.20 Å². The highest BCUT2D eigenvalue weighted by Gasteiger charge is 2.27. The van der Waals surface area contributed by atoms with Gasteiger partial charge in [-0.25, -0.2) is 0 Å². The zero-order chi connectivity index (χ0) is 13.8. The Balaban J connectivity index is 2.31. The Bertz CT molecular complexity index is 657. The third-order valence-electron chi connectivity index (χ3n) is 2.39. The van der Waals surface area contributed by atoms with Crippen LogP contribution in [-0.2, 0) is 0 Å². The molecule has 0 N–H and O–H groups in total. The standard InChI is InChI=1S/C12H7N3O4/c13-7-8(9-3-1-2-6-14-9)12(16)10-4-5-11(19-10)15(17)18/h1-6,8H.